The third-order valence-electron chi connectivity index (χ3n) is 2.50. The fraction of sp³-hybridized carbons (Fsp3) is 0.467. The first kappa shape index (κ1) is 16.0. The van der Waals surface area contributed by atoms with Crippen molar-refractivity contribution in [2.75, 3.05) is 20.2 Å². The van der Waals surface area contributed by atoms with Crippen LogP contribution in [-0.2, 0) is 9.53 Å². The fourth-order valence-electron chi connectivity index (χ4n) is 1.68. The summed E-state index contributed by atoms with van der Waals surface area (Å²) in [4.78, 5) is 25.0. The highest BCUT2D eigenvalue weighted by Crippen LogP contribution is 2.20. The van der Waals surface area contributed by atoms with E-state index >= 15 is 0 Å². The van der Waals surface area contributed by atoms with Crippen molar-refractivity contribution in [1.29, 1.82) is 0 Å². The molecule has 0 unspecified atom stereocenters. The molecule has 1 amide bonds. The van der Waals surface area contributed by atoms with Crippen molar-refractivity contribution in [2.24, 2.45) is 0 Å². The molecule has 0 aliphatic heterocycles. The van der Waals surface area contributed by atoms with Crippen LogP contribution in [-0.4, -0.2) is 43.1 Å². The maximum absolute atomic E-state index is 12.3. The molecule has 0 fully saturated rings. The van der Waals surface area contributed by atoms with Crippen molar-refractivity contribution >= 4 is 11.9 Å². The molecule has 0 aromatic heterocycles. The molecule has 0 aliphatic rings. The number of hydrogen-bond donors (Lipinski definition) is 0. The molecule has 0 bridgehead atoms. The van der Waals surface area contributed by atoms with E-state index < -0.39 is 5.97 Å². The van der Waals surface area contributed by atoms with Crippen LogP contribution >= 0.6 is 0 Å². The molecular weight excluding hydrogens is 258 g/mol. The first-order valence-electron chi connectivity index (χ1n) is 6.62. The number of carbonyl (C=O) groups is 2. The van der Waals surface area contributed by atoms with Crippen LogP contribution in [0.15, 0.2) is 24.3 Å². The van der Waals surface area contributed by atoms with Crippen molar-refractivity contribution in [3.8, 4) is 5.75 Å². The van der Waals surface area contributed by atoms with E-state index in [1.165, 1.54) is 4.90 Å². The van der Waals surface area contributed by atoms with Gasteiger partial charge in [-0.1, -0.05) is 12.1 Å². The Bertz CT molecular complexity index is 471. The Balaban J connectivity index is 2.83. The topological polar surface area (TPSA) is 55.8 Å². The third kappa shape index (κ3) is 4.57. The van der Waals surface area contributed by atoms with Crippen LogP contribution in [0.4, 0.5) is 0 Å². The zero-order valence-corrected chi connectivity index (χ0v) is 12.4. The molecule has 5 nitrogen and oxygen atoms in total. The summed E-state index contributed by atoms with van der Waals surface area (Å²) in [5, 5.41) is 0. The number of esters is 1. The highest BCUT2D eigenvalue weighted by Gasteiger charge is 2.19. The second kappa shape index (κ2) is 7.53. The lowest BCUT2D eigenvalue weighted by atomic mass is 10.1. The first-order chi connectivity index (χ1) is 9.45. The van der Waals surface area contributed by atoms with Gasteiger partial charge in [0.25, 0.3) is 5.91 Å². The second-order valence-corrected chi connectivity index (χ2v) is 4.63. The smallest absolute Gasteiger partial charge is 0.325 e. The Kier molecular flexibility index (Phi) is 6.03. The average molecular weight is 279 g/mol. The summed E-state index contributed by atoms with van der Waals surface area (Å²) in [5.41, 5.74) is 0.438. The maximum atomic E-state index is 12.3. The van der Waals surface area contributed by atoms with E-state index in [1.807, 2.05) is 13.8 Å². The zero-order valence-electron chi connectivity index (χ0n) is 12.4. The number of hydrogen-bond acceptors (Lipinski definition) is 4. The van der Waals surface area contributed by atoms with Crippen LogP contribution < -0.4 is 4.74 Å². The monoisotopic (exact) mass is 279 g/mol. The molecule has 0 atom stereocenters. The molecule has 0 heterocycles. The largest absolute Gasteiger partial charge is 0.490 e. The van der Waals surface area contributed by atoms with E-state index in [2.05, 4.69) is 0 Å². The second-order valence-electron chi connectivity index (χ2n) is 4.63. The third-order valence-corrected chi connectivity index (χ3v) is 2.50. The quantitative estimate of drug-likeness (QED) is 0.748. The number of likely N-dealkylation sites (N-methyl/N-ethyl adjacent to an activating group) is 1. The molecular formula is C15H21NO4. The van der Waals surface area contributed by atoms with Crippen molar-refractivity contribution in [1.82, 2.24) is 4.90 Å². The molecule has 1 rings (SSSR count). The van der Waals surface area contributed by atoms with Gasteiger partial charge in [-0.15, -0.1) is 0 Å². The van der Waals surface area contributed by atoms with Crippen LogP contribution in [0.5, 0.6) is 5.75 Å². The van der Waals surface area contributed by atoms with Gasteiger partial charge in [0.05, 0.1) is 18.3 Å². The highest BCUT2D eigenvalue weighted by atomic mass is 16.5. The molecule has 1 aromatic rings. The number of amides is 1. The first-order valence-corrected chi connectivity index (χ1v) is 6.62. The SMILES string of the molecule is CCOC(=O)CN(C)C(=O)c1ccccc1OC(C)C. The molecule has 0 saturated carbocycles. The fourth-order valence-corrected chi connectivity index (χ4v) is 1.68. The van der Waals surface area contributed by atoms with Gasteiger partial charge in [0.15, 0.2) is 0 Å². The van der Waals surface area contributed by atoms with Crippen molar-refractivity contribution in [3.05, 3.63) is 29.8 Å². The van der Waals surface area contributed by atoms with Gasteiger partial charge in [-0.3, -0.25) is 9.59 Å². The summed E-state index contributed by atoms with van der Waals surface area (Å²) in [6, 6.07) is 6.99. The Morgan fingerprint density at radius 2 is 1.90 bits per heavy atom. The zero-order chi connectivity index (χ0) is 15.1. The number of carbonyl (C=O) groups excluding carboxylic acids is 2. The van der Waals surface area contributed by atoms with Gasteiger partial charge in [-0.05, 0) is 32.9 Å². The summed E-state index contributed by atoms with van der Waals surface area (Å²) in [5.74, 6) is -0.178. The van der Waals surface area contributed by atoms with Crippen molar-refractivity contribution in [2.45, 2.75) is 26.9 Å². The molecule has 110 valence electrons. The number of rotatable bonds is 6. The minimum Gasteiger partial charge on any atom is -0.490 e. The highest BCUT2D eigenvalue weighted by molar-refractivity contribution is 5.98. The van der Waals surface area contributed by atoms with E-state index in [4.69, 9.17) is 9.47 Å². The van der Waals surface area contributed by atoms with E-state index in [1.54, 1.807) is 38.2 Å². The molecule has 0 saturated heterocycles. The molecule has 1 aromatic carbocycles. The van der Waals surface area contributed by atoms with Gasteiger partial charge >= 0.3 is 5.97 Å². The predicted octanol–water partition coefficient (Wildman–Crippen LogP) is 2.11. The summed E-state index contributed by atoms with van der Waals surface area (Å²) in [7, 11) is 1.56. The standard InChI is InChI=1S/C15H21NO4/c1-5-19-14(17)10-16(4)15(18)12-8-6-7-9-13(12)20-11(2)3/h6-9,11H,5,10H2,1-4H3. The van der Waals surface area contributed by atoms with Gasteiger partial charge in [0, 0.05) is 7.05 Å². The Morgan fingerprint density at radius 3 is 2.50 bits per heavy atom. The van der Waals surface area contributed by atoms with E-state index in [-0.39, 0.29) is 18.6 Å². The van der Waals surface area contributed by atoms with Crippen molar-refractivity contribution < 1.29 is 19.1 Å². The Labute approximate surface area is 119 Å². The number of ether oxygens (including phenoxy) is 2. The molecule has 0 aliphatic carbocycles. The minimum absolute atomic E-state index is 0.0284. The van der Waals surface area contributed by atoms with Crippen LogP contribution in [0, 0.1) is 0 Å². The Morgan fingerprint density at radius 1 is 1.25 bits per heavy atom. The lowest BCUT2D eigenvalue weighted by Crippen LogP contribution is -2.33. The maximum Gasteiger partial charge on any atom is 0.325 e. The summed E-state index contributed by atoms with van der Waals surface area (Å²) >= 11 is 0. The molecule has 5 heteroatoms. The molecule has 0 N–H and O–H groups in total. The minimum atomic E-state index is -0.425. The van der Waals surface area contributed by atoms with Crippen molar-refractivity contribution in [3.63, 3.8) is 0 Å². The van der Waals surface area contributed by atoms with Crippen LogP contribution in [0.3, 0.4) is 0 Å². The molecule has 0 spiro atoms. The van der Waals surface area contributed by atoms with Gasteiger partial charge in [-0.25, -0.2) is 0 Å². The van der Waals surface area contributed by atoms with Crippen LogP contribution in [0.2, 0.25) is 0 Å². The van der Waals surface area contributed by atoms with Gasteiger partial charge < -0.3 is 14.4 Å². The van der Waals surface area contributed by atoms with E-state index in [9.17, 15) is 9.59 Å². The van der Waals surface area contributed by atoms with Gasteiger partial charge in [0.1, 0.15) is 12.3 Å². The molecule has 0 radical (unpaired) electrons. The summed E-state index contributed by atoms with van der Waals surface area (Å²) < 4.78 is 10.4. The lowest BCUT2D eigenvalue weighted by molar-refractivity contribution is -0.143. The lowest BCUT2D eigenvalue weighted by Gasteiger charge is -2.19. The number of benzene rings is 1. The molecule has 20 heavy (non-hydrogen) atoms. The Hall–Kier alpha value is -2.04. The van der Waals surface area contributed by atoms with Crippen LogP contribution in [0.1, 0.15) is 31.1 Å². The predicted molar refractivity (Wildman–Crippen MR) is 75.8 cm³/mol. The van der Waals surface area contributed by atoms with Crippen LogP contribution in [0.25, 0.3) is 0 Å². The normalized spacial score (nSPS) is 10.2. The summed E-state index contributed by atoms with van der Waals surface area (Å²) in [6.45, 7) is 5.73. The van der Waals surface area contributed by atoms with Gasteiger partial charge in [-0.2, -0.15) is 0 Å². The van der Waals surface area contributed by atoms with E-state index in [0.29, 0.717) is 17.9 Å². The average Bonchev–Trinajstić information content (AvgIpc) is 2.38. The summed E-state index contributed by atoms with van der Waals surface area (Å²) in [6.07, 6.45) is -0.0284. The van der Waals surface area contributed by atoms with Gasteiger partial charge in [0.2, 0.25) is 0 Å². The number of para-hydroxylation sites is 1. The number of nitrogens with zero attached hydrogens (tertiary/aromatic N) is 1. The van der Waals surface area contributed by atoms with E-state index in [0.717, 1.165) is 0 Å².